The minimum atomic E-state index is -4.24. The van der Waals surface area contributed by atoms with Gasteiger partial charge in [-0.2, -0.15) is 15.1 Å². The molecule has 1 fully saturated rings. The maximum atomic E-state index is 13.8. The number of aliphatic hydroxyl groups is 2. The molecule has 0 radical (unpaired) electrons. The third-order valence-electron chi connectivity index (χ3n) is 6.29. The van der Waals surface area contributed by atoms with Crippen LogP contribution in [-0.4, -0.2) is 86.4 Å². The van der Waals surface area contributed by atoms with Gasteiger partial charge in [-0.15, -0.1) is 0 Å². The zero-order valence-corrected chi connectivity index (χ0v) is 24.6. The molecule has 0 amide bonds. The Kier molecular flexibility index (Phi) is 8.87. The number of imidazole rings is 1. The number of carbonyl (C=O) groups excluding carboxylic acids is 1. The zero-order chi connectivity index (χ0) is 30.1. The highest BCUT2D eigenvalue weighted by Gasteiger charge is 2.54. The van der Waals surface area contributed by atoms with Gasteiger partial charge in [-0.1, -0.05) is 18.2 Å². The van der Waals surface area contributed by atoms with E-state index in [1.54, 1.807) is 63.2 Å². The number of nitrogens with zero attached hydrogens (tertiary/aromatic N) is 5. The van der Waals surface area contributed by atoms with E-state index in [9.17, 15) is 19.6 Å². The summed E-state index contributed by atoms with van der Waals surface area (Å²) in [5, 5.41) is 24.9. The van der Waals surface area contributed by atoms with Crippen LogP contribution in [0, 0.1) is 0 Å². The standard InChI is InChI=1S/C25H36N7O8P/c1-14(2)38-22(34)15(3)30-41(36,40-16-10-8-7-9-11-16)37-12-17-19(33)25(4,35)23(39-17)32-13-27-18-20(31(5)6)28-24(26)29-21(18)32/h7-11,13-15,17,19,23,33,35H,12H2,1-6H3,(H,30,36)(H2,26,28,29)/t15-,17+,19+,23+,25+,41?/m0/s1. The molecular weight excluding hydrogens is 557 g/mol. The summed E-state index contributed by atoms with van der Waals surface area (Å²) in [6, 6.07) is 7.17. The fraction of sp³-hybridized carbons (Fsp3) is 0.520. The molecule has 0 spiro atoms. The first kappa shape index (κ1) is 30.6. The molecule has 2 aromatic heterocycles. The Morgan fingerprint density at radius 2 is 1.95 bits per heavy atom. The number of fused-ring (bicyclic) bond motifs is 1. The highest BCUT2D eigenvalue weighted by Crippen LogP contribution is 2.47. The van der Waals surface area contributed by atoms with Crippen molar-refractivity contribution in [2.24, 2.45) is 0 Å². The summed E-state index contributed by atoms with van der Waals surface area (Å²) in [6.07, 6.45) is -2.84. The molecule has 3 heterocycles. The summed E-state index contributed by atoms with van der Waals surface area (Å²) in [5.74, 6) is -0.00827. The number of rotatable bonds is 11. The highest BCUT2D eigenvalue weighted by atomic mass is 31.2. The van der Waals surface area contributed by atoms with Crippen LogP contribution in [0.25, 0.3) is 11.2 Å². The number of hydrogen-bond acceptors (Lipinski definition) is 13. The minimum absolute atomic E-state index is 0.0174. The van der Waals surface area contributed by atoms with Crippen LogP contribution in [0.3, 0.4) is 0 Å². The van der Waals surface area contributed by atoms with E-state index >= 15 is 0 Å². The van der Waals surface area contributed by atoms with Crippen molar-refractivity contribution < 1.29 is 38.1 Å². The van der Waals surface area contributed by atoms with Crippen LogP contribution in [0.15, 0.2) is 36.7 Å². The Morgan fingerprint density at radius 3 is 2.59 bits per heavy atom. The molecule has 1 aliphatic heterocycles. The maximum absolute atomic E-state index is 13.8. The summed E-state index contributed by atoms with van der Waals surface area (Å²) < 4.78 is 37.8. The Hall–Kier alpha value is -3.33. The fourth-order valence-electron chi connectivity index (χ4n) is 4.29. The third kappa shape index (κ3) is 6.61. The van der Waals surface area contributed by atoms with Gasteiger partial charge in [0.2, 0.25) is 5.95 Å². The minimum Gasteiger partial charge on any atom is -0.462 e. The van der Waals surface area contributed by atoms with E-state index in [4.69, 9.17) is 24.3 Å². The SMILES string of the molecule is CC(C)OC(=O)[C@H](C)NP(=O)(OC[C@H]1O[C@@H](n2cnc3c(N(C)C)nc(N)nc32)[C@](C)(O)[C@@H]1O)Oc1ccccc1. The van der Waals surface area contributed by atoms with Crippen LogP contribution in [0.1, 0.15) is 33.9 Å². The quantitative estimate of drug-likeness (QED) is 0.185. The molecule has 3 aromatic rings. The Balaban J connectivity index is 1.57. The maximum Gasteiger partial charge on any atom is 0.459 e. The number of esters is 1. The molecule has 0 aliphatic carbocycles. The lowest BCUT2D eigenvalue weighted by Gasteiger charge is -2.27. The number of ether oxygens (including phenoxy) is 2. The fourth-order valence-corrected chi connectivity index (χ4v) is 5.79. The first-order valence-corrected chi connectivity index (χ1v) is 14.5. The molecule has 41 heavy (non-hydrogen) atoms. The largest absolute Gasteiger partial charge is 0.462 e. The molecule has 16 heteroatoms. The van der Waals surface area contributed by atoms with Crippen molar-refractivity contribution in [2.75, 3.05) is 31.3 Å². The van der Waals surface area contributed by atoms with Gasteiger partial charge in [0.15, 0.2) is 23.2 Å². The summed E-state index contributed by atoms with van der Waals surface area (Å²) in [6.45, 7) is 5.73. The predicted octanol–water partition coefficient (Wildman–Crippen LogP) is 1.62. The van der Waals surface area contributed by atoms with Gasteiger partial charge in [-0.05, 0) is 39.8 Å². The summed E-state index contributed by atoms with van der Waals surface area (Å²) in [4.78, 5) is 27.0. The number of hydrogen-bond donors (Lipinski definition) is 4. The van der Waals surface area contributed by atoms with Crippen molar-refractivity contribution in [3.63, 3.8) is 0 Å². The van der Waals surface area contributed by atoms with Gasteiger partial charge in [-0.3, -0.25) is 13.9 Å². The number of anilines is 2. The van der Waals surface area contributed by atoms with Crippen molar-refractivity contribution >= 4 is 36.6 Å². The average molecular weight is 594 g/mol. The van der Waals surface area contributed by atoms with Crippen molar-refractivity contribution in [1.29, 1.82) is 0 Å². The normalized spacial score (nSPS) is 24.8. The number of aliphatic hydroxyl groups excluding tert-OH is 1. The van der Waals surface area contributed by atoms with E-state index in [1.807, 2.05) is 0 Å². The third-order valence-corrected chi connectivity index (χ3v) is 7.93. The molecule has 1 aliphatic rings. The van der Waals surface area contributed by atoms with Crippen LogP contribution in [0.5, 0.6) is 5.75 Å². The Labute approximate surface area is 237 Å². The molecule has 4 rings (SSSR count). The van der Waals surface area contributed by atoms with E-state index in [2.05, 4.69) is 20.0 Å². The van der Waals surface area contributed by atoms with Gasteiger partial charge in [0.1, 0.15) is 29.6 Å². The Morgan fingerprint density at radius 1 is 1.27 bits per heavy atom. The summed E-state index contributed by atoms with van der Waals surface area (Å²) in [7, 11) is -0.703. The van der Waals surface area contributed by atoms with Gasteiger partial charge in [0.25, 0.3) is 0 Å². The number of nitrogens with two attached hydrogens (primary N) is 1. The van der Waals surface area contributed by atoms with Gasteiger partial charge < -0.3 is 34.8 Å². The molecule has 0 bridgehead atoms. The molecule has 0 saturated carbocycles. The van der Waals surface area contributed by atoms with Crippen molar-refractivity contribution in [3.8, 4) is 5.75 Å². The first-order chi connectivity index (χ1) is 19.2. The van der Waals surface area contributed by atoms with E-state index < -0.39 is 56.5 Å². The second-order valence-corrected chi connectivity index (χ2v) is 12.0. The monoisotopic (exact) mass is 593 g/mol. The van der Waals surface area contributed by atoms with Gasteiger partial charge in [-0.25, -0.2) is 9.55 Å². The van der Waals surface area contributed by atoms with Crippen molar-refractivity contribution in [3.05, 3.63) is 36.7 Å². The topological polar surface area (TPSA) is 196 Å². The average Bonchev–Trinajstić information content (AvgIpc) is 3.40. The van der Waals surface area contributed by atoms with Crippen LogP contribution in [-0.2, 0) is 23.4 Å². The van der Waals surface area contributed by atoms with E-state index in [1.165, 1.54) is 24.7 Å². The molecule has 5 N–H and O–H groups in total. The second-order valence-electron chi connectivity index (χ2n) is 10.4. The summed E-state index contributed by atoms with van der Waals surface area (Å²) in [5.41, 5.74) is 4.74. The Bertz CT molecular complexity index is 1420. The van der Waals surface area contributed by atoms with Gasteiger partial charge in [0, 0.05) is 14.1 Å². The molecule has 1 aromatic carbocycles. The summed E-state index contributed by atoms with van der Waals surface area (Å²) >= 11 is 0. The lowest BCUT2D eigenvalue weighted by Crippen LogP contribution is -2.44. The number of nitrogen functional groups attached to an aromatic ring is 1. The highest BCUT2D eigenvalue weighted by molar-refractivity contribution is 7.52. The molecule has 6 atom stereocenters. The van der Waals surface area contributed by atoms with Gasteiger partial charge >= 0.3 is 13.7 Å². The van der Waals surface area contributed by atoms with Crippen LogP contribution in [0.4, 0.5) is 11.8 Å². The lowest BCUT2D eigenvalue weighted by atomic mass is 9.96. The molecular formula is C25H36N7O8P. The van der Waals surface area contributed by atoms with Crippen LogP contribution >= 0.6 is 7.75 Å². The molecule has 15 nitrogen and oxygen atoms in total. The number of carbonyl (C=O) groups is 1. The number of para-hydroxylation sites is 1. The smallest absolute Gasteiger partial charge is 0.459 e. The number of nitrogens with one attached hydrogen (secondary N) is 1. The van der Waals surface area contributed by atoms with E-state index in [0.717, 1.165) is 0 Å². The lowest BCUT2D eigenvalue weighted by molar-refractivity contribution is -0.149. The van der Waals surface area contributed by atoms with Crippen LogP contribution in [0.2, 0.25) is 0 Å². The van der Waals surface area contributed by atoms with E-state index in [0.29, 0.717) is 11.3 Å². The zero-order valence-electron chi connectivity index (χ0n) is 23.7. The van der Waals surface area contributed by atoms with Crippen LogP contribution < -0.4 is 20.2 Å². The van der Waals surface area contributed by atoms with E-state index in [-0.39, 0.29) is 17.3 Å². The number of benzene rings is 1. The second kappa shape index (κ2) is 11.9. The number of aromatic nitrogens is 4. The first-order valence-electron chi connectivity index (χ1n) is 12.9. The molecule has 1 unspecified atom stereocenters. The molecule has 224 valence electrons. The van der Waals surface area contributed by atoms with Gasteiger partial charge in [0.05, 0.1) is 19.0 Å². The predicted molar refractivity (Wildman–Crippen MR) is 149 cm³/mol. The van der Waals surface area contributed by atoms with Crippen molar-refractivity contribution in [1.82, 2.24) is 24.6 Å². The molecule has 1 saturated heterocycles. The van der Waals surface area contributed by atoms with Crippen molar-refractivity contribution in [2.45, 2.75) is 63.9 Å².